The SMILES string of the molecule is COCCNC(=O)CCn1cc(C)nc1SCC(=O)O. The van der Waals surface area contributed by atoms with Crippen LogP contribution in [0.5, 0.6) is 0 Å². The van der Waals surface area contributed by atoms with Crippen LogP contribution >= 0.6 is 11.8 Å². The number of carboxylic acids is 1. The lowest BCUT2D eigenvalue weighted by molar-refractivity contribution is -0.134. The molecule has 0 spiro atoms. The Hall–Kier alpha value is -1.54. The molecule has 0 aliphatic rings. The number of aromatic nitrogens is 2. The van der Waals surface area contributed by atoms with E-state index in [4.69, 9.17) is 9.84 Å². The minimum absolute atomic E-state index is 0.0452. The summed E-state index contributed by atoms with van der Waals surface area (Å²) in [7, 11) is 1.58. The van der Waals surface area contributed by atoms with Crippen LogP contribution in [-0.4, -0.2) is 52.5 Å². The summed E-state index contributed by atoms with van der Waals surface area (Å²) in [5.74, 6) is -1.00. The van der Waals surface area contributed by atoms with Gasteiger partial charge in [-0.25, -0.2) is 4.98 Å². The Balaban J connectivity index is 2.46. The fraction of sp³-hybridized carbons (Fsp3) is 0.583. The molecule has 1 heterocycles. The first-order valence-electron chi connectivity index (χ1n) is 6.17. The first-order chi connectivity index (χ1) is 9.52. The average Bonchev–Trinajstić information content (AvgIpc) is 2.74. The molecule has 0 fully saturated rings. The number of hydrogen-bond donors (Lipinski definition) is 2. The lowest BCUT2D eigenvalue weighted by atomic mass is 10.4. The van der Waals surface area contributed by atoms with Gasteiger partial charge in [-0.05, 0) is 6.92 Å². The quantitative estimate of drug-likeness (QED) is 0.510. The highest BCUT2D eigenvalue weighted by Crippen LogP contribution is 2.17. The first kappa shape index (κ1) is 16.5. The summed E-state index contributed by atoms with van der Waals surface area (Å²) < 4.78 is 6.65. The summed E-state index contributed by atoms with van der Waals surface area (Å²) in [4.78, 5) is 26.4. The molecule has 7 nitrogen and oxygen atoms in total. The summed E-state index contributed by atoms with van der Waals surface area (Å²) in [5.41, 5.74) is 0.803. The number of amides is 1. The number of carbonyl (C=O) groups excluding carboxylic acids is 1. The predicted molar refractivity (Wildman–Crippen MR) is 74.8 cm³/mol. The molecule has 1 amide bonds. The van der Waals surface area contributed by atoms with E-state index in [-0.39, 0.29) is 11.7 Å². The number of ether oxygens (including phenoxy) is 1. The molecule has 0 saturated carbocycles. The monoisotopic (exact) mass is 301 g/mol. The minimum Gasteiger partial charge on any atom is -0.481 e. The number of hydrogen-bond acceptors (Lipinski definition) is 5. The van der Waals surface area contributed by atoms with Crippen molar-refractivity contribution in [2.24, 2.45) is 0 Å². The number of carbonyl (C=O) groups is 2. The van der Waals surface area contributed by atoms with E-state index < -0.39 is 5.97 Å². The van der Waals surface area contributed by atoms with Crippen molar-refractivity contribution in [2.45, 2.75) is 25.0 Å². The number of rotatable bonds is 9. The maximum Gasteiger partial charge on any atom is 0.313 e. The highest BCUT2D eigenvalue weighted by molar-refractivity contribution is 7.99. The molecule has 0 saturated heterocycles. The summed E-state index contributed by atoms with van der Waals surface area (Å²) in [6, 6.07) is 0. The molecular weight excluding hydrogens is 282 g/mol. The lowest BCUT2D eigenvalue weighted by Gasteiger charge is -2.07. The molecule has 1 aromatic heterocycles. The third-order valence-electron chi connectivity index (χ3n) is 2.39. The lowest BCUT2D eigenvalue weighted by Crippen LogP contribution is -2.27. The van der Waals surface area contributed by atoms with Gasteiger partial charge in [-0.1, -0.05) is 11.8 Å². The largest absolute Gasteiger partial charge is 0.481 e. The van der Waals surface area contributed by atoms with Crippen molar-refractivity contribution in [2.75, 3.05) is 26.0 Å². The van der Waals surface area contributed by atoms with E-state index in [9.17, 15) is 9.59 Å². The maximum absolute atomic E-state index is 11.6. The highest BCUT2D eigenvalue weighted by Gasteiger charge is 2.10. The highest BCUT2D eigenvalue weighted by atomic mass is 32.2. The molecule has 1 rings (SSSR count). The number of carboxylic acid groups (broad SMARTS) is 1. The predicted octanol–water partition coefficient (Wildman–Crippen LogP) is 0.521. The molecule has 8 heteroatoms. The van der Waals surface area contributed by atoms with Gasteiger partial charge in [0.15, 0.2) is 5.16 Å². The standard InChI is InChI=1S/C12H19N3O4S/c1-9-7-15(12(14-9)20-8-11(17)18)5-3-10(16)13-4-6-19-2/h7H,3-6,8H2,1-2H3,(H,13,16)(H,17,18). The van der Waals surface area contributed by atoms with Gasteiger partial charge >= 0.3 is 5.97 Å². The molecule has 0 bridgehead atoms. The first-order valence-corrected chi connectivity index (χ1v) is 7.15. The van der Waals surface area contributed by atoms with Gasteiger partial charge in [0.2, 0.25) is 5.91 Å². The van der Waals surface area contributed by atoms with Crippen LogP contribution < -0.4 is 5.32 Å². The number of aryl methyl sites for hydroxylation is 2. The normalized spacial score (nSPS) is 10.5. The third kappa shape index (κ3) is 6.07. The summed E-state index contributed by atoms with van der Waals surface area (Å²) in [5, 5.41) is 12.0. The van der Waals surface area contributed by atoms with Gasteiger partial charge in [0.05, 0.1) is 18.1 Å². The van der Waals surface area contributed by atoms with Crippen LogP contribution in [0.2, 0.25) is 0 Å². The molecule has 112 valence electrons. The van der Waals surface area contributed by atoms with Gasteiger partial charge < -0.3 is 19.7 Å². The maximum atomic E-state index is 11.6. The number of imidazole rings is 1. The summed E-state index contributed by atoms with van der Waals surface area (Å²) >= 11 is 1.15. The van der Waals surface area contributed by atoms with Crippen molar-refractivity contribution in [1.29, 1.82) is 0 Å². The van der Waals surface area contributed by atoms with Crippen molar-refractivity contribution in [1.82, 2.24) is 14.9 Å². The Morgan fingerprint density at radius 3 is 2.95 bits per heavy atom. The van der Waals surface area contributed by atoms with E-state index in [0.717, 1.165) is 17.5 Å². The topological polar surface area (TPSA) is 93.5 Å². The average molecular weight is 301 g/mol. The summed E-state index contributed by atoms with van der Waals surface area (Å²) in [6.07, 6.45) is 2.13. The second-order valence-corrected chi connectivity index (χ2v) is 5.08. The van der Waals surface area contributed by atoms with E-state index in [1.54, 1.807) is 11.7 Å². The Morgan fingerprint density at radius 2 is 2.30 bits per heavy atom. The minimum atomic E-state index is -0.889. The van der Waals surface area contributed by atoms with Crippen LogP contribution in [0.15, 0.2) is 11.4 Å². The van der Waals surface area contributed by atoms with Gasteiger partial charge in [0.1, 0.15) is 0 Å². The van der Waals surface area contributed by atoms with Gasteiger partial charge in [-0.3, -0.25) is 9.59 Å². The third-order valence-corrected chi connectivity index (χ3v) is 3.37. The number of thioether (sulfide) groups is 1. The van der Waals surface area contributed by atoms with E-state index in [1.165, 1.54) is 0 Å². The van der Waals surface area contributed by atoms with Crippen molar-refractivity contribution in [3.63, 3.8) is 0 Å². The van der Waals surface area contributed by atoms with Crippen LogP contribution in [-0.2, 0) is 20.9 Å². The zero-order chi connectivity index (χ0) is 15.0. The molecule has 1 aromatic rings. The van der Waals surface area contributed by atoms with Crippen molar-refractivity contribution < 1.29 is 19.4 Å². The molecule has 0 unspecified atom stereocenters. The Morgan fingerprint density at radius 1 is 1.55 bits per heavy atom. The Bertz CT molecular complexity index is 462. The summed E-state index contributed by atoms with van der Waals surface area (Å²) in [6.45, 7) is 3.27. The molecule has 0 aliphatic carbocycles. The fourth-order valence-electron chi connectivity index (χ4n) is 1.53. The Labute approximate surface area is 121 Å². The van der Waals surface area contributed by atoms with Gasteiger partial charge in [-0.2, -0.15) is 0 Å². The van der Waals surface area contributed by atoms with Crippen LogP contribution in [0.25, 0.3) is 0 Å². The van der Waals surface area contributed by atoms with E-state index in [2.05, 4.69) is 10.3 Å². The van der Waals surface area contributed by atoms with Crippen LogP contribution in [0, 0.1) is 6.92 Å². The smallest absolute Gasteiger partial charge is 0.313 e. The van der Waals surface area contributed by atoms with Crippen molar-refractivity contribution in [3.8, 4) is 0 Å². The number of aliphatic carboxylic acids is 1. The second kappa shape index (κ2) is 8.60. The van der Waals surface area contributed by atoms with Crippen molar-refractivity contribution >= 4 is 23.6 Å². The van der Waals surface area contributed by atoms with Gasteiger partial charge in [0, 0.05) is 32.8 Å². The van der Waals surface area contributed by atoms with E-state index in [0.29, 0.717) is 31.3 Å². The fourth-order valence-corrected chi connectivity index (χ4v) is 2.30. The van der Waals surface area contributed by atoms with Gasteiger partial charge in [-0.15, -0.1) is 0 Å². The molecule has 0 atom stereocenters. The molecule has 20 heavy (non-hydrogen) atoms. The number of nitrogens with one attached hydrogen (secondary N) is 1. The molecule has 0 radical (unpaired) electrons. The molecular formula is C12H19N3O4S. The van der Waals surface area contributed by atoms with Crippen molar-refractivity contribution in [3.05, 3.63) is 11.9 Å². The number of nitrogens with zero attached hydrogens (tertiary/aromatic N) is 2. The van der Waals surface area contributed by atoms with Crippen LogP contribution in [0.3, 0.4) is 0 Å². The molecule has 0 aliphatic heterocycles. The molecule has 0 aromatic carbocycles. The number of methoxy groups -OCH3 is 1. The van der Waals surface area contributed by atoms with E-state index in [1.807, 2.05) is 13.1 Å². The molecule has 2 N–H and O–H groups in total. The van der Waals surface area contributed by atoms with Crippen LogP contribution in [0.1, 0.15) is 12.1 Å². The Kier molecular flexibility index (Phi) is 7.10. The second-order valence-electron chi connectivity index (χ2n) is 4.13. The van der Waals surface area contributed by atoms with Gasteiger partial charge in [0.25, 0.3) is 0 Å². The van der Waals surface area contributed by atoms with E-state index >= 15 is 0 Å². The zero-order valence-electron chi connectivity index (χ0n) is 11.6. The van der Waals surface area contributed by atoms with Crippen LogP contribution in [0.4, 0.5) is 0 Å². The zero-order valence-corrected chi connectivity index (χ0v) is 12.4.